The van der Waals surface area contributed by atoms with Gasteiger partial charge in [0.05, 0.1) is 11.4 Å². The quantitative estimate of drug-likeness (QED) is 0.0778. The number of carbonyl (C=O) groups excluding carboxylic acids is 1. The maximum atomic E-state index is 12.8. The van der Waals surface area contributed by atoms with Crippen LogP contribution in [0.5, 0.6) is 0 Å². The van der Waals surface area contributed by atoms with Gasteiger partial charge in [-0.15, -0.1) is 35.9 Å². The number of rotatable bonds is 10. The third kappa shape index (κ3) is 20.2. The summed E-state index contributed by atoms with van der Waals surface area (Å²) in [6.45, 7) is 0. The number of carbonyl (C=O) groups is 1. The molecule has 73 heavy (non-hydrogen) atoms. The lowest BCUT2D eigenvalue weighted by Gasteiger charge is -2.12. The molecule has 0 radical (unpaired) electrons. The molecule has 0 amide bonds. The number of allylic oxidation sites excluding steroid dienone is 4. The first-order chi connectivity index (χ1) is 34.9. The second-order valence-electron chi connectivity index (χ2n) is 17.1. The van der Waals surface area contributed by atoms with Crippen LogP contribution in [0.1, 0.15) is 62.3 Å². The van der Waals surface area contributed by atoms with Crippen LogP contribution in [0.25, 0.3) is 11.4 Å². The second kappa shape index (κ2) is 31.1. The Kier molecular flexibility index (Phi) is 24.7. The van der Waals surface area contributed by atoms with Gasteiger partial charge in [-0.25, -0.2) is 29.9 Å². The van der Waals surface area contributed by atoms with Crippen LogP contribution in [-0.4, -0.2) is 68.4 Å². The Morgan fingerprint density at radius 3 is 1.56 bits per heavy atom. The smallest absolute Gasteiger partial charge is 0.255 e. The molecule has 7 aromatic heterocycles. The van der Waals surface area contributed by atoms with Crippen LogP contribution in [0.15, 0.2) is 172 Å². The third-order valence-electron chi connectivity index (χ3n) is 11.8. The predicted molar refractivity (Wildman–Crippen MR) is 297 cm³/mol. The first kappa shape index (κ1) is 58.1. The van der Waals surface area contributed by atoms with Gasteiger partial charge in [-0.2, -0.15) is 8.78 Å². The van der Waals surface area contributed by atoms with E-state index in [-0.39, 0.29) is 29.3 Å². The minimum Gasteiger partial charge on any atom is -0.328 e. The number of thioether (sulfide) groups is 2. The Morgan fingerprint density at radius 1 is 0.616 bits per heavy atom. The van der Waals surface area contributed by atoms with Crippen molar-refractivity contribution in [2.24, 2.45) is 23.5 Å². The maximum absolute atomic E-state index is 12.8. The lowest BCUT2D eigenvalue weighted by molar-refractivity contribution is -0.113. The fourth-order valence-electron chi connectivity index (χ4n) is 8.19. The summed E-state index contributed by atoms with van der Waals surface area (Å²) in [5.41, 5.74) is 8.08. The molecule has 0 aromatic carbocycles. The van der Waals surface area contributed by atoms with Gasteiger partial charge in [0.1, 0.15) is 11.6 Å². The van der Waals surface area contributed by atoms with Gasteiger partial charge < -0.3 is 5.73 Å². The Balaban J connectivity index is 0.000000186. The zero-order chi connectivity index (χ0) is 51.1. The van der Waals surface area contributed by atoms with Crippen molar-refractivity contribution >= 4 is 64.3 Å². The maximum Gasteiger partial charge on any atom is 0.255 e. The molecular formula is C54H58ClF2IN10O3S2. The van der Waals surface area contributed by atoms with E-state index >= 15 is 0 Å². The largest absolute Gasteiger partial charge is 0.328 e. The second-order valence-corrected chi connectivity index (χ2v) is 20.1. The predicted octanol–water partition coefficient (Wildman–Crippen LogP) is 10.5. The summed E-state index contributed by atoms with van der Waals surface area (Å²) >= 11 is 5.37. The van der Waals surface area contributed by atoms with Gasteiger partial charge in [-0.05, 0) is 140 Å². The molecule has 2 N–H and O–H groups in total. The van der Waals surface area contributed by atoms with Crippen molar-refractivity contribution in [1.82, 2.24) is 44.0 Å². The Hall–Kier alpha value is -5.80. The zero-order valence-electron chi connectivity index (χ0n) is 40.5. The third-order valence-corrected chi connectivity index (χ3v) is 13.8. The Bertz CT molecular complexity index is 2970. The van der Waals surface area contributed by atoms with E-state index in [0.717, 1.165) is 68.5 Å². The molecule has 3 aliphatic carbocycles. The number of nitrogens with two attached hydrogens (primary N) is 1. The molecular weight excluding hydrogens is 1100 g/mol. The molecule has 7 aromatic rings. The highest BCUT2D eigenvalue weighted by Gasteiger charge is 2.26. The summed E-state index contributed by atoms with van der Waals surface area (Å²) in [4.78, 5) is 65.0. The van der Waals surface area contributed by atoms with Crippen molar-refractivity contribution in [1.29, 1.82) is 0 Å². The monoisotopic (exact) mass is 1160 g/mol. The van der Waals surface area contributed by atoms with Crippen molar-refractivity contribution in [2.45, 2.75) is 80.0 Å². The molecule has 0 saturated heterocycles. The minimum absolute atomic E-state index is 0. The topological polar surface area (TPSA) is 177 Å². The van der Waals surface area contributed by atoms with Crippen molar-refractivity contribution < 1.29 is 13.6 Å². The fraction of sp³-hybridized carbons (Fsp3) is 0.296. The Morgan fingerprint density at radius 2 is 1.12 bits per heavy atom. The van der Waals surface area contributed by atoms with Gasteiger partial charge in [-0.3, -0.25) is 28.5 Å². The fourth-order valence-corrected chi connectivity index (χ4v) is 9.24. The van der Waals surface area contributed by atoms with E-state index in [1.807, 2.05) is 90.2 Å². The lowest BCUT2D eigenvalue weighted by atomic mass is 9.97. The van der Waals surface area contributed by atoms with Crippen LogP contribution in [0, 0.1) is 33.2 Å². The highest BCUT2D eigenvalue weighted by molar-refractivity contribution is 14.1. The van der Waals surface area contributed by atoms with E-state index in [1.54, 1.807) is 95.2 Å². The van der Waals surface area contributed by atoms with E-state index in [9.17, 15) is 23.2 Å². The highest BCUT2D eigenvalue weighted by atomic mass is 127. The van der Waals surface area contributed by atoms with Gasteiger partial charge in [-0.1, -0.05) is 30.4 Å². The first-order valence-corrected chi connectivity index (χ1v) is 27.0. The lowest BCUT2D eigenvalue weighted by Crippen LogP contribution is -2.16. The van der Waals surface area contributed by atoms with Crippen molar-refractivity contribution in [3.63, 3.8) is 0 Å². The molecule has 0 aliphatic heterocycles. The summed E-state index contributed by atoms with van der Waals surface area (Å²) < 4.78 is 28.7. The van der Waals surface area contributed by atoms with Gasteiger partial charge in [0, 0.05) is 124 Å². The molecule has 0 bridgehead atoms. The molecule has 382 valence electrons. The molecule has 0 unspecified atom stereocenters. The van der Waals surface area contributed by atoms with Crippen LogP contribution < -0.4 is 16.9 Å². The van der Waals surface area contributed by atoms with Crippen LogP contribution in [0.4, 0.5) is 8.78 Å². The Labute approximate surface area is 452 Å². The summed E-state index contributed by atoms with van der Waals surface area (Å²) in [7, 11) is 0. The molecule has 13 nitrogen and oxygen atoms in total. The average molecular weight is 1160 g/mol. The number of aromatic nitrogens is 9. The SMILES string of the molecule is CSc1cnc(C[C@H]2CC[C@H](Cc3cc(-n4ccccc4=O)ccn3)C2)nc1.CSc1cnc(C[C@H]2CC[C@H](N)C2)nc1.Cl.Fc1cc(I)ccn1.O=C1C=CC=CC1.O=c1ccccn1-c1ccnc(F)c1. The molecule has 19 heteroatoms. The molecule has 0 spiro atoms. The van der Waals surface area contributed by atoms with E-state index in [2.05, 4.69) is 34.9 Å². The van der Waals surface area contributed by atoms with Crippen LogP contribution >= 0.6 is 58.5 Å². The zero-order valence-corrected chi connectivity index (χ0v) is 45.1. The van der Waals surface area contributed by atoms with Crippen molar-refractivity contribution in [2.75, 3.05) is 12.5 Å². The van der Waals surface area contributed by atoms with Crippen molar-refractivity contribution in [3.8, 4) is 11.4 Å². The summed E-state index contributed by atoms with van der Waals surface area (Å²) in [6.07, 6.45) is 37.4. The normalized spacial score (nSPS) is 17.3. The van der Waals surface area contributed by atoms with Gasteiger partial charge >= 0.3 is 0 Å². The minimum atomic E-state index is -0.599. The van der Waals surface area contributed by atoms with Crippen molar-refractivity contribution in [3.05, 3.63) is 206 Å². The van der Waals surface area contributed by atoms with E-state index < -0.39 is 11.9 Å². The number of pyridine rings is 5. The molecule has 7 heterocycles. The molecule has 4 atom stereocenters. The average Bonchev–Trinajstić information content (AvgIpc) is 4.02. The van der Waals surface area contributed by atoms with Gasteiger partial charge in [0.25, 0.3) is 11.1 Å². The number of hydrogen-bond donors (Lipinski definition) is 1. The standard InChI is InChI=1S/C22H24N4OS.C11H17N3S.C10H7FN2O.C6H6O.C5H3FIN.ClH/c1-28-20-14-24-21(25-15-20)12-17-6-5-16(10-17)11-18-13-19(7-8-23-18)26-9-3-2-4-22(26)27;1-15-10-6-13-11(14-7-10)5-8-2-3-9(12)4-8;11-9-7-8(4-5-12-9)13-6-2-1-3-10(13)14;7-6-4-2-1-3-5-6;6-5-3-4(7)1-2-8-5;/h2-4,7-9,13-17H,5-6,10-12H2,1H3;6-9H,2-5,12H2,1H3;1-7H;1-4H,5H2;1-3H;1H/t16-,17-;8-,9-;;;;/m00..../s1. The van der Waals surface area contributed by atoms with Crippen LogP contribution in [0.2, 0.25) is 0 Å². The first-order valence-electron chi connectivity index (χ1n) is 23.5. The summed E-state index contributed by atoms with van der Waals surface area (Å²) in [5.74, 6) is 3.06. The molecule has 3 aliphatic rings. The highest BCUT2D eigenvalue weighted by Crippen LogP contribution is 2.35. The molecule has 2 saturated carbocycles. The molecule has 10 rings (SSSR count). The van der Waals surface area contributed by atoms with E-state index in [0.29, 0.717) is 35.9 Å². The van der Waals surface area contributed by atoms with Crippen LogP contribution in [0.3, 0.4) is 0 Å². The van der Waals surface area contributed by atoms with Gasteiger partial charge in [0.15, 0.2) is 5.78 Å². The number of hydrogen-bond acceptors (Lipinski definition) is 13. The van der Waals surface area contributed by atoms with Gasteiger partial charge in [0.2, 0.25) is 11.9 Å². The summed E-state index contributed by atoms with van der Waals surface area (Å²) in [6, 6.07) is 20.2. The number of nitrogens with zero attached hydrogens (tertiary/aromatic N) is 9. The van der Waals surface area contributed by atoms with E-state index in [1.165, 1.54) is 60.8 Å². The van der Waals surface area contributed by atoms with Crippen LogP contribution in [-0.2, 0) is 24.1 Å². The van der Waals surface area contributed by atoms with E-state index in [4.69, 9.17) is 5.73 Å². The number of halogens is 4. The summed E-state index contributed by atoms with van der Waals surface area (Å²) in [5, 5.41) is 0. The number of ketones is 1. The molecule has 2 fully saturated rings.